The van der Waals surface area contributed by atoms with Crippen LogP contribution < -0.4 is 0 Å². The van der Waals surface area contributed by atoms with Gasteiger partial charge in [-0.25, -0.2) is 9.18 Å². The lowest BCUT2D eigenvalue weighted by molar-refractivity contribution is 0.0728. The predicted octanol–water partition coefficient (Wildman–Crippen LogP) is 5.52. The van der Waals surface area contributed by atoms with Gasteiger partial charge in [-0.05, 0) is 34.9 Å². The van der Waals surface area contributed by atoms with Crippen LogP contribution >= 0.6 is 23.2 Å². The second-order valence-electron chi connectivity index (χ2n) is 8.32. The molecule has 0 bridgehead atoms. The highest BCUT2D eigenvalue weighted by Gasteiger charge is 2.38. The standard InChI is InChI=1S/C26H25Cl2FN2O3/c27-21-9-5-4-8-20(21)14-30(13-19-10-11-22(28)23(29)12-19)24-15-31(16-25(24)32)26(33)34-17-18-6-2-1-3-7-18/h1-12,24-25,32H,13-17H2/t24-,25-/m1/s1. The van der Waals surface area contributed by atoms with Crippen LogP contribution in [0.25, 0.3) is 0 Å². The molecule has 178 valence electrons. The third kappa shape index (κ3) is 6.07. The Morgan fingerprint density at radius 1 is 0.971 bits per heavy atom. The molecule has 1 aliphatic rings. The molecule has 5 nitrogen and oxygen atoms in total. The number of β-amino-alcohol motifs (C(OH)–C–C–N with tert-alkyl or cyclic N) is 1. The van der Waals surface area contributed by atoms with E-state index in [0.717, 1.165) is 11.1 Å². The van der Waals surface area contributed by atoms with Crippen molar-refractivity contribution in [3.63, 3.8) is 0 Å². The van der Waals surface area contributed by atoms with E-state index in [-0.39, 0.29) is 30.8 Å². The number of nitrogens with zero attached hydrogens (tertiary/aromatic N) is 2. The second kappa shape index (κ2) is 11.2. The Labute approximate surface area is 208 Å². The van der Waals surface area contributed by atoms with Gasteiger partial charge < -0.3 is 14.7 Å². The highest BCUT2D eigenvalue weighted by Crippen LogP contribution is 2.26. The van der Waals surface area contributed by atoms with Crippen LogP contribution in [0.15, 0.2) is 72.8 Å². The molecule has 1 N–H and O–H groups in total. The topological polar surface area (TPSA) is 53.0 Å². The zero-order valence-electron chi connectivity index (χ0n) is 18.4. The fourth-order valence-electron chi connectivity index (χ4n) is 4.10. The SMILES string of the molecule is O=C(OCc1ccccc1)N1C[C@@H](O)[C@H](N(Cc2ccc(Cl)c(F)c2)Cc2ccccc2Cl)C1. The third-order valence-electron chi connectivity index (χ3n) is 5.89. The minimum absolute atomic E-state index is 0.0506. The van der Waals surface area contributed by atoms with E-state index in [2.05, 4.69) is 0 Å². The van der Waals surface area contributed by atoms with Crippen molar-refractivity contribution in [2.24, 2.45) is 0 Å². The molecule has 4 rings (SSSR count). The molecule has 0 aromatic heterocycles. The summed E-state index contributed by atoms with van der Waals surface area (Å²) in [5.41, 5.74) is 2.46. The molecule has 2 atom stereocenters. The van der Waals surface area contributed by atoms with Crippen LogP contribution in [-0.2, 0) is 24.4 Å². The molecule has 1 aliphatic heterocycles. The van der Waals surface area contributed by atoms with Crippen LogP contribution in [0.4, 0.5) is 9.18 Å². The Kier molecular flexibility index (Phi) is 8.06. The summed E-state index contributed by atoms with van der Waals surface area (Å²) in [5, 5.41) is 11.5. The molecule has 1 fully saturated rings. The first-order chi connectivity index (χ1) is 16.4. The van der Waals surface area contributed by atoms with Crippen LogP contribution in [-0.4, -0.2) is 46.2 Å². The molecule has 8 heteroatoms. The van der Waals surface area contributed by atoms with Gasteiger partial charge in [0.1, 0.15) is 12.4 Å². The van der Waals surface area contributed by atoms with E-state index in [0.29, 0.717) is 23.7 Å². The van der Waals surface area contributed by atoms with E-state index in [1.807, 2.05) is 53.4 Å². The Hall–Kier alpha value is -2.64. The predicted molar refractivity (Wildman–Crippen MR) is 130 cm³/mol. The van der Waals surface area contributed by atoms with Crippen molar-refractivity contribution in [1.82, 2.24) is 9.80 Å². The van der Waals surface area contributed by atoms with Gasteiger partial charge in [0.2, 0.25) is 0 Å². The fraction of sp³-hybridized carbons (Fsp3) is 0.269. The van der Waals surface area contributed by atoms with Crippen molar-refractivity contribution in [3.05, 3.63) is 105 Å². The van der Waals surface area contributed by atoms with E-state index >= 15 is 0 Å². The Morgan fingerprint density at radius 3 is 2.44 bits per heavy atom. The number of aliphatic hydroxyl groups is 1. The monoisotopic (exact) mass is 502 g/mol. The van der Waals surface area contributed by atoms with Gasteiger partial charge >= 0.3 is 6.09 Å². The van der Waals surface area contributed by atoms with Gasteiger partial charge in [-0.15, -0.1) is 0 Å². The summed E-state index contributed by atoms with van der Waals surface area (Å²) in [6.45, 7) is 1.33. The van der Waals surface area contributed by atoms with Gasteiger partial charge in [0.15, 0.2) is 0 Å². The molecular formula is C26H25Cl2FN2O3. The lowest BCUT2D eigenvalue weighted by atomic mass is 10.1. The molecule has 0 unspecified atom stereocenters. The summed E-state index contributed by atoms with van der Waals surface area (Å²) in [5.74, 6) is -0.505. The summed E-state index contributed by atoms with van der Waals surface area (Å²) >= 11 is 12.2. The molecule has 1 amide bonds. The van der Waals surface area contributed by atoms with Crippen molar-refractivity contribution in [2.45, 2.75) is 31.8 Å². The Morgan fingerprint density at radius 2 is 1.71 bits per heavy atom. The van der Waals surface area contributed by atoms with Crippen molar-refractivity contribution in [2.75, 3.05) is 13.1 Å². The van der Waals surface area contributed by atoms with Gasteiger partial charge in [-0.3, -0.25) is 4.90 Å². The molecule has 34 heavy (non-hydrogen) atoms. The normalized spacial score (nSPS) is 17.9. The molecule has 0 spiro atoms. The molecule has 0 aliphatic carbocycles. The molecule has 0 radical (unpaired) electrons. The van der Waals surface area contributed by atoms with Crippen LogP contribution in [0.5, 0.6) is 0 Å². The van der Waals surface area contributed by atoms with E-state index in [1.54, 1.807) is 12.1 Å². The van der Waals surface area contributed by atoms with Crippen molar-refractivity contribution in [3.8, 4) is 0 Å². The Balaban J connectivity index is 1.49. The maximum atomic E-state index is 14.1. The molecular weight excluding hydrogens is 478 g/mol. The van der Waals surface area contributed by atoms with Crippen molar-refractivity contribution in [1.29, 1.82) is 0 Å². The van der Waals surface area contributed by atoms with Crippen molar-refractivity contribution >= 4 is 29.3 Å². The minimum Gasteiger partial charge on any atom is -0.445 e. The number of benzene rings is 3. The maximum Gasteiger partial charge on any atom is 0.410 e. The summed E-state index contributed by atoms with van der Waals surface area (Å²) in [7, 11) is 0. The first-order valence-corrected chi connectivity index (χ1v) is 11.7. The van der Waals surface area contributed by atoms with E-state index in [9.17, 15) is 14.3 Å². The number of rotatable bonds is 7. The minimum atomic E-state index is -0.802. The first-order valence-electron chi connectivity index (χ1n) is 11.0. The lowest BCUT2D eigenvalue weighted by Gasteiger charge is -2.31. The van der Waals surface area contributed by atoms with Gasteiger partial charge in [0.05, 0.1) is 23.7 Å². The number of ether oxygens (including phenoxy) is 1. The quantitative estimate of drug-likeness (QED) is 0.462. The van der Waals surface area contributed by atoms with Crippen LogP contribution in [0.2, 0.25) is 10.0 Å². The third-order valence-corrected chi connectivity index (χ3v) is 6.57. The zero-order valence-corrected chi connectivity index (χ0v) is 19.9. The molecule has 1 saturated heterocycles. The number of aliphatic hydroxyl groups excluding tert-OH is 1. The van der Waals surface area contributed by atoms with E-state index < -0.39 is 18.0 Å². The summed E-state index contributed by atoms with van der Waals surface area (Å²) in [6, 6.07) is 21.1. The number of hydrogen-bond donors (Lipinski definition) is 1. The van der Waals surface area contributed by atoms with Crippen LogP contribution in [0.1, 0.15) is 16.7 Å². The number of halogens is 3. The number of hydrogen-bond acceptors (Lipinski definition) is 4. The molecule has 1 heterocycles. The van der Waals surface area contributed by atoms with E-state index in [1.165, 1.54) is 17.0 Å². The maximum absolute atomic E-state index is 14.1. The number of amides is 1. The number of carbonyl (C=O) groups is 1. The largest absolute Gasteiger partial charge is 0.445 e. The fourth-order valence-corrected chi connectivity index (χ4v) is 4.41. The average molecular weight is 503 g/mol. The summed E-state index contributed by atoms with van der Waals surface area (Å²) < 4.78 is 19.5. The zero-order chi connectivity index (χ0) is 24.1. The van der Waals surface area contributed by atoms with Gasteiger partial charge in [0, 0.05) is 24.7 Å². The molecule has 3 aromatic rings. The highest BCUT2D eigenvalue weighted by molar-refractivity contribution is 6.31. The average Bonchev–Trinajstić information content (AvgIpc) is 3.23. The number of likely N-dealkylation sites (tertiary alicyclic amines) is 1. The van der Waals surface area contributed by atoms with Crippen LogP contribution in [0.3, 0.4) is 0 Å². The van der Waals surface area contributed by atoms with Crippen molar-refractivity contribution < 1.29 is 19.0 Å². The van der Waals surface area contributed by atoms with Gasteiger partial charge in [-0.1, -0.05) is 77.8 Å². The van der Waals surface area contributed by atoms with Gasteiger partial charge in [0.25, 0.3) is 0 Å². The van der Waals surface area contributed by atoms with Gasteiger partial charge in [-0.2, -0.15) is 0 Å². The first kappa shape index (κ1) is 24.5. The molecule has 3 aromatic carbocycles. The Bertz CT molecular complexity index is 1130. The second-order valence-corrected chi connectivity index (χ2v) is 9.14. The highest BCUT2D eigenvalue weighted by atomic mass is 35.5. The number of carbonyl (C=O) groups excluding carboxylic acids is 1. The summed E-state index contributed by atoms with van der Waals surface area (Å²) in [6.07, 6.45) is -1.29. The molecule has 0 saturated carbocycles. The summed E-state index contributed by atoms with van der Waals surface area (Å²) in [4.78, 5) is 16.2. The lowest BCUT2D eigenvalue weighted by Crippen LogP contribution is -2.42. The van der Waals surface area contributed by atoms with Crippen LogP contribution in [0, 0.1) is 5.82 Å². The van der Waals surface area contributed by atoms with E-state index in [4.69, 9.17) is 27.9 Å². The smallest absolute Gasteiger partial charge is 0.410 e.